The molecule has 71 heavy (non-hydrogen) atoms. The average molecular weight is 1000 g/mol. The number of carbonyl (C=O) groups excluding carboxylic acids is 2. The smallest absolute Gasteiger partial charge is 0.386 e. The summed E-state index contributed by atoms with van der Waals surface area (Å²) in [6.45, 7) is 10.1. The van der Waals surface area contributed by atoms with E-state index in [9.17, 15) is 9.59 Å². The third kappa shape index (κ3) is 43.7. The average Bonchev–Trinajstić information content (AvgIpc) is 3.38. The van der Waals surface area contributed by atoms with E-state index in [0.717, 1.165) is 38.5 Å². The normalized spacial score (nSPS) is 11.3. The summed E-state index contributed by atoms with van der Waals surface area (Å²) in [6.07, 6.45) is 63.4. The van der Waals surface area contributed by atoms with Crippen LogP contribution in [0.4, 0.5) is 0 Å². The first-order valence-electron chi connectivity index (χ1n) is 31.5. The molecule has 0 radical (unpaired) electrons. The predicted molar refractivity (Wildman–Crippen MR) is 303 cm³/mol. The highest BCUT2D eigenvalue weighted by atomic mass is 17.2. The summed E-state index contributed by atoms with van der Waals surface area (Å²) in [5.74, 6) is 0.176. The van der Waals surface area contributed by atoms with Crippen molar-refractivity contribution in [3.05, 3.63) is 17.7 Å². The molecule has 0 saturated carbocycles. The molecule has 0 spiro atoms. The van der Waals surface area contributed by atoms with Gasteiger partial charge in [0.05, 0.1) is 25.4 Å². The van der Waals surface area contributed by atoms with Crippen molar-refractivity contribution in [1.82, 2.24) is 0 Å². The number of ether oxygens (including phenoxy) is 3. The van der Waals surface area contributed by atoms with Crippen LogP contribution in [0.3, 0.4) is 0 Å². The molecule has 0 aliphatic heterocycles. The topological polar surface area (TPSA) is 80.3 Å². The first-order valence-corrected chi connectivity index (χ1v) is 31.5. The van der Waals surface area contributed by atoms with Gasteiger partial charge >= 0.3 is 11.9 Å². The Labute approximate surface area is 440 Å². The fourth-order valence-electron chi connectivity index (χ4n) is 9.73. The largest absolute Gasteiger partial charge is 0.490 e. The van der Waals surface area contributed by atoms with Crippen LogP contribution in [0, 0.1) is 0 Å². The highest BCUT2D eigenvalue weighted by molar-refractivity contribution is 5.91. The van der Waals surface area contributed by atoms with Crippen molar-refractivity contribution < 1.29 is 33.6 Å². The van der Waals surface area contributed by atoms with Crippen molar-refractivity contribution in [2.24, 2.45) is 0 Å². The lowest BCUT2D eigenvalue weighted by molar-refractivity contribution is -0.233. The molecule has 0 heterocycles. The molecule has 0 bridgehead atoms. The highest BCUT2D eigenvalue weighted by Gasteiger charge is 2.21. The fourth-order valence-corrected chi connectivity index (χ4v) is 9.73. The van der Waals surface area contributed by atoms with E-state index in [1.165, 1.54) is 270 Å². The first-order chi connectivity index (χ1) is 35.1. The van der Waals surface area contributed by atoms with E-state index < -0.39 is 11.9 Å². The minimum atomic E-state index is -0.754. The summed E-state index contributed by atoms with van der Waals surface area (Å²) < 4.78 is 19.4. The summed E-state index contributed by atoms with van der Waals surface area (Å²) in [6, 6.07) is 3.33. The molecule has 0 aliphatic carbocycles. The Hall–Kier alpha value is -2.44. The Morgan fingerprint density at radius 3 is 0.761 bits per heavy atom. The van der Waals surface area contributed by atoms with Gasteiger partial charge in [-0.3, -0.25) is 0 Å². The van der Waals surface area contributed by atoms with Gasteiger partial charge in [0.2, 0.25) is 5.75 Å². The lowest BCUT2D eigenvalue weighted by Crippen LogP contribution is -2.12. The van der Waals surface area contributed by atoms with E-state index >= 15 is 0 Å². The molecular formula is C64H118O7. The zero-order valence-electron chi connectivity index (χ0n) is 47.8. The van der Waals surface area contributed by atoms with Gasteiger partial charge < -0.3 is 14.2 Å². The fraction of sp³-hybridized carbons (Fsp3) is 0.875. The van der Waals surface area contributed by atoms with Crippen LogP contribution in [0.25, 0.3) is 0 Å². The van der Waals surface area contributed by atoms with E-state index in [1.807, 2.05) is 0 Å². The van der Waals surface area contributed by atoms with Gasteiger partial charge in [-0.15, -0.1) is 0 Å². The van der Waals surface area contributed by atoms with Crippen LogP contribution in [-0.2, 0) is 14.6 Å². The Bertz CT molecular complexity index is 1220. The lowest BCUT2D eigenvalue weighted by atomic mass is 10.0. The zero-order valence-corrected chi connectivity index (χ0v) is 47.8. The predicted octanol–water partition coefficient (Wildman–Crippen LogP) is 21.6. The molecule has 1 aromatic carbocycles. The Morgan fingerprint density at radius 1 is 0.296 bits per heavy atom. The zero-order chi connectivity index (χ0) is 51.2. The SMILES string of the molecule is CCCCCCCCCCCCCCCCCCOc1cc(C(=O)OOC(=O)CC)cc(OCCCCCCCCCCCCCCCCCC)c1OCCCCCCCCCCCCCCCCCC. The second-order valence-corrected chi connectivity index (χ2v) is 21.4. The number of hydrogen-bond acceptors (Lipinski definition) is 7. The van der Waals surface area contributed by atoms with Crippen LogP contribution in [0.5, 0.6) is 17.2 Å². The molecule has 1 aromatic rings. The number of hydrogen-bond donors (Lipinski definition) is 0. The van der Waals surface area contributed by atoms with Crippen molar-refractivity contribution in [3.63, 3.8) is 0 Å². The quantitative estimate of drug-likeness (QED) is 0.0365. The van der Waals surface area contributed by atoms with Gasteiger partial charge in [0.15, 0.2) is 11.5 Å². The van der Waals surface area contributed by atoms with Crippen LogP contribution in [0.15, 0.2) is 12.1 Å². The van der Waals surface area contributed by atoms with Gasteiger partial charge in [-0.1, -0.05) is 317 Å². The summed E-state index contributed by atoms with van der Waals surface area (Å²) in [5, 5.41) is 0. The molecule has 7 heteroatoms. The Kier molecular flexibility index (Phi) is 50.5. The summed E-state index contributed by atoms with van der Waals surface area (Å²) >= 11 is 0. The van der Waals surface area contributed by atoms with Gasteiger partial charge in [-0.25, -0.2) is 19.4 Å². The van der Waals surface area contributed by atoms with Crippen LogP contribution in [0.1, 0.15) is 353 Å². The second kappa shape index (κ2) is 53.8. The first kappa shape index (κ1) is 66.6. The molecule has 0 saturated heterocycles. The van der Waals surface area contributed by atoms with Crippen molar-refractivity contribution in [2.45, 2.75) is 342 Å². The maximum absolute atomic E-state index is 13.2. The molecule has 0 amide bonds. The van der Waals surface area contributed by atoms with Crippen LogP contribution < -0.4 is 14.2 Å². The van der Waals surface area contributed by atoms with E-state index in [-0.39, 0.29) is 12.0 Å². The number of benzene rings is 1. The molecule has 0 N–H and O–H groups in total. The molecule has 0 fully saturated rings. The van der Waals surface area contributed by atoms with Gasteiger partial charge in [0.1, 0.15) is 0 Å². The number of carbonyl (C=O) groups is 2. The maximum atomic E-state index is 13.2. The number of rotatable bonds is 56. The van der Waals surface area contributed by atoms with E-state index in [2.05, 4.69) is 20.8 Å². The molecule has 0 unspecified atom stereocenters. The van der Waals surface area contributed by atoms with Gasteiger partial charge in [-0.2, -0.15) is 0 Å². The number of unbranched alkanes of at least 4 members (excludes halogenated alkanes) is 45. The molecule has 416 valence electrons. The third-order valence-electron chi connectivity index (χ3n) is 14.5. The van der Waals surface area contributed by atoms with Gasteiger partial charge in [0.25, 0.3) is 0 Å². The highest BCUT2D eigenvalue weighted by Crippen LogP contribution is 2.40. The van der Waals surface area contributed by atoms with Gasteiger partial charge in [-0.05, 0) is 31.4 Å². The van der Waals surface area contributed by atoms with E-state index in [1.54, 1.807) is 19.1 Å². The van der Waals surface area contributed by atoms with E-state index in [4.69, 9.17) is 24.0 Å². The Balaban J connectivity index is 2.67. The Morgan fingerprint density at radius 2 is 0.521 bits per heavy atom. The second-order valence-electron chi connectivity index (χ2n) is 21.4. The van der Waals surface area contributed by atoms with Crippen LogP contribution >= 0.6 is 0 Å². The van der Waals surface area contributed by atoms with E-state index in [0.29, 0.717) is 37.1 Å². The minimum absolute atomic E-state index is 0.112. The molecule has 0 aliphatic rings. The van der Waals surface area contributed by atoms with Crippen LogP contribution in [-0.4, -0.2) is 31.8 Å². The molecular weight excluding hydrogens is 881 g/mol. The van der Waals surface area contributed by atoms with Crippen molar-refractivity contribution in [1.29, 1.82) is 0 Å². The van der Waals surface area contributed by atoms with Crippen molar-refractivity contribution in [2.75, 3.05) is 19.8 Å². The van der Waals surface area contributed by atoms with Crippen molar-refractivity contribution in [3.8, 4) is 17.2 Å². The monoisotopic (exact) mass is 999 g/mol. The summed E-state index contributed by atoms with van der Waals surface area (Å²) in [5.41, 5.74) is 0.215. The summed E-state index contributed by atoms with van der Waals surface area (Å²) in [4.78, 5) is 34.8. The molecule has 1 rings (SSSR count). The van der Waals surface area contributed by atoms with Crippen molar-refractivity contribution >= 4 is 11.9 Å². The summed E-state index contributed by atoms with van der Waals surface area (Å²) in [7, 11) is 0. The maximum Gasteiger partial charge on any atom is 0.386 e. The standard InChI is InChI=1S/C64H118O7/c1-5-9-12-15-18-21-24-27-30-33-36-39-42-45-48-51-54-67-60-57-59(64(66)71-70-62(65)8-4)58-61(68-55-52-49-46-43-40-37-34-31-28-25-22-19-16-13-10-6-2)63(60)69-56-53-50-47-44-41-38-35-32-29-26-23-20-17-14-11-7-3/h57-58H,5-56H2,1-4H3. The minimum Gasteiger partial charge on any atom is -0.490 e. The third-order valence-corrected chi connectivity index (χ3v) is 14.5. The van der Waals surface area contributed by atoms with Crippen LogP contribution in [0.2, 0.25) is 0 Å². The molecule has 7 nitrogen and oxygen atoms in total. The van der Waals surface area contributed by atoms with Gasteiger partial charge in [0, 0.05) is 6.42 Å². The molecule has 0 atom stereocenters. The lowest BCUT2D eigenvalue weighted by Gasteiger charge is -2.18. The molecule has 0 aromatic heterocycles.